The summed E-state index contributed by atoms with van der Waals surface area (Å²) in [6.45, 7) is 0.512. The second-order valence-electron chi connectivity index (χ2n) is 6.34. The van der Waals surface area contributed by atoms with Crippen molar-refractivity contribution in [3.8, 4) is 5.75 Å². The molecule has 0 spiro atoms. The predicted molar refractivity (Wildman–Crippen MR) is 117 cm³/mol. The summed E-state index contributed by atoms with van der Waals surface area (Å²) in [6.07, 6.45) is 5.72. The second kappa shape index (κ2) is 12.4. The number of thioether (sulfide) groups is 1. The van der Waals surface area contributed by atoms with Gasteiger partial charge in [0, 0.05) is 23.4 Å². The molecule has 0 radical (unpaired) electrons. The largest absolute Gasteiger partial charge is 1.00 e. The first kappa shape index (κ1) is 24.8. The van der Waals surface area contributed by atoms with E-state index in [0.717, 1.165) is 10.5 Å². The fraction of sp³-hybridized carbons (Fsp3) is 0.130. The van der Waals surface area contributed by atoms with Crippen LogP contribution in [0.3, 0.4) is 0 Å². The first-order chi connectivity index (χ1) is 14.6. The Labute approximate surface area is 207 Å². The number of aromatic nitrogens is 1. The minimum Gasteiger partial charge on any atom is -0.549 e. The zero-order chi connectivity index (χ0) is 21.3. The van der Waals surface area contributed by atoms with Gasteiger partial charge in [0.1, 0.15) is 11.4 Å². The van der Waals surface area contributed by atoms with Crippen LogP contribution in [0.2, 0.25) is 0 Å². The summed E-state index contributed by atoms with van der Waals surface area (Å²) in [5, 5.41) is 13.5. The third-order valence-corrected chi connectivity index (χ3v) is 5.21. The topological polar surface area (TPSA) is 83.4 Å². The fourth-order valence-electron chi connectivity index (χ4n) is 2.87. The van der Waals surface area contributed by atoms with Crippen molar-refractivity contribution in [3.05, 3.63) is 84.2 Å². The van der Waals surface area contributed by atoms with Crippen LogP contribution >= 0.6 is 11.8 Å². The Morgan fingerprint density at radius 3 is 2.71 bits per heavy atom. The second-order valence-corrected chi connectivity index (χ2v) is 7.38. The number of ether oxygens (including phenoxy) is 1. The van der Waals surface area contributed by atoms with Gasteiger partial charge in [-0.05, 0) is 42.0 Å². The van der Waals surface area contributed by atoms with Gasteiger partial charge in [-0.3, -0.25) is 4.79 Å². The van der Waals surface area contributed by atoms with Gasteiger partial charge in [-0.1, -0.05) is 36.4 Å². The molecule has 1 aromatic heterocycles. The Kier molecular flexibility index (Phi) is 9.94. The van der Waals surface area contributed by atoms with Gasteiger partial charge < -0.3 is 24.5 Å². The van der Waals surface area contributed by atoms with E-state index in [-0.39, 0.29) is 41.2 Å². The van der Waals surface area contributed by atoms with Gasteiger partial charge in [-0.2, -0.15) is 0 Å². The number of carboxylic acids is 1. The minimum absolute atomic E-state index is 0. The molecule has 1 N–H and O–H groups in total. The van der Waals surface area contributed by atoms with Gasteiger partial charge in [-0.15, -0.1) is 11.8 Å². The van der Waals surface area contributed by atoms with E-state index < -0.39 is 5.97 Å². The Hall–Kier alpha value is -2.45. The average molecular weight is 444 g/mol. The molecule has 0 saturated heterocycles. The molecule has 0 saturated carbocycles. The van der Waals surface area contributed by atoms with Gasteiger partial charge in [-0.25, -0.2) is 0 Å². The fourth-order valence-corrected chi connectivity index (χ4v) is 3.55. The van der Waals surface area contributed by atoms with E-state index in [9.17, 15) is 14.7 Å². The van der Waals surface area contributed by atoms with Crippen molar-refractivity contribution in [1.82, 2.24) is 4.57 Å². The van der Waals surface area contributed by atoms with Crippen LogP contribution < -0.4 is 44.7 Å². The van der Waals surface area contributed by atoms with Crippen molar-refractivity contribution in [2.45, 2.75) is 11.4 Å². The normalized spacial score (nSPS) is 10.5. The van der Waals surface area contributed by atoms with Gasteiger partial charge in [0.25, 0.3) is 5.91 Å². The maximum atomic E-state index is 12.7. The standard InChI is InChI=1S/C23H22N2O4S.Na/c1-29-21-12-3-2-10-19(21)24-23(28)20-11-6-14-25(20)13-5-8-17-7-4-9-18(15-17)30-16-22(26)27;/h2-12,14-15H,13,16H2,1H3,(H,24,28)(H,26,27);/q;+1/p-1/b8-5+;. The van der Waals surface area contributed by atoms with Crippen LogP contribution in [0, 0.1) is 0 Å². The summed E-state index contributed by atoms with van der Waals surface area (Å²) in [6, 6.07) is 18.4. The number of nitrogens with one attached hydrogen (secondary N) is 1. The number of hydrogen-bond acceptors (Lipinski definition) is 5. The zero-order valence-electron chi connectivity index (χ0n) is 17.4. The summed E-state index contributed by atoms with van der Waals surface area (Å²) in [7, 11) is 1.56. The van der Waals surface area contributed by atoms with Gasteiger partial charge in [0.2, 0.25) is 0 Å². The molecular formula is C23H21N2NaO4S. The molecule has 0 unspecified atom stereocenters. The van der Waals surface area contributed by atoms with E-state index in [1.165, 1.54) is 11.8 Å². The van der Waals surface area contributed by atoms with Crippen molar-refractivity contribution in [2.75, 3.05) is 18.2 Å². The van der Waals surface area contributed by atoms with Crippen LogP contribution in [0.25, 0.3) is 6.08 Å². The Bertz CT molecular complexity index is 1060. The Morgan fingerprint density at radius 2 is 1.94 bits per heavy atom. The number of anilines is 1. The molecule has 0 bridgehead atoms. The Morgan fingerprint density at radius 1 is 1.13 bits per heavy atom. The van der Waals surface area contributed by atoms with Crippen LogP contribution in [-0.2, 0) is 11.3 Å². The number of benzene rings is 2. The van der Waals surface area contributed by atoms with Gasteiger partial charge in [0.15, 0.2) is 0 Å². The maximum Gasteiger partial charge on any atom is 1.00 e. The number of amides is 1. The summed E-state index contributed by atoms with van der Waals surface area (Å²) in [5.74, 6) is -0.798. The van der Waals surface area contributed by atoms with Crippen molar-refractivity contribution in [1.29, 1.82) is 0 Å². The van der Waals surface area contributed by atoms with Gasteiger partial charge >= 0.3 is 29.6 Å². The third-order valence-electron chi connectivity index (χ3n) is 4.24. The third kappa shape index (κ3) is 7.33. The maximum absolute atomic E-state index is 12.7. The van der Waals surface area contributed by atoms with Crippen LogP contribution in [0.15, 0.2) is 77.8 Å². The quantitative estimate of drug-likeness (QED) is 0.379. The number of allylic oxidation sites excluding steroid dienone is 1. The summed E-state index contributed by atoms with van der Waals surface area (Å²) in [5.41, 5.74) is 2.09. The number of carbonyl (C=O) groups excluding carboxylic acids is 2. The van der Waals surface area contributed by atoms with E-state index in [1.807, 2.05) is 65.4 Å². The summed E-state index contributed by atoms with van der Waals surface area (Å²) < 4.78 is 7.12. The number of carbonyl (C=O) groups is 2. The monoisotopic (exact) mass is 444 g/mol. The van der Waals surface area contributed by atoms with Crippen LogP contribution in [0.5, 0.6) is 5.75 Å². The van der Waals surface area contributed by atoms with Crippen molar-refractivity contribution in [3.63, 3.8) is 0 Å². The molecule has 31 heavy (non-hydrogen) atoms. The van der Waals surface area contributed by atoms with E-state index in [0.29, 0.717) is 23.7 Å². The van der Waals surface area contributed by atoms with Crippen molar-refractivity contribution >= 4 is 35.4 Å². The molecule has 0 fully saturated rings. The first-order valence-corrected chi connectivity index (χ1v) is 10.2. The van der Waals surface area contributed by atoms with E-state index in [2.05, 4.69) is 5.32 Å². The molecule has 8 heteroatoms. The molecular weight excluding hydrogens is 423 g/mol. The van der Waals surface area contributed by atoms with E-state index >= 15 is 0 Å². The smallest absolute Gasteiger partial charge is 0.549 e. The van der Waals surface area contributed by atoms with Gasteiger partial charge in [0.05, 0.1) is 18.8 Å². The van der Waals surface area contributed by atoms with Crippen LogP contribution in [-0.4, -0.2) is 29.3 Å². The number of hydrogen-bond donors (Lipinski definition) is 1. The molecule has 3 rings (SSSR count). The number of methoxy groups -OCH3 is 1. The van der Waals surface area contributed by atoms with E-state index in [4.69, 9.17) is 4.74 Å². The summed E-state index contributed by atoms with van der Waals surface area (Å²) >= 11 is 1.22. The average Bonchev–Trinajstić information content (AvgIpc) is 3.22. The number of nitrogens with zero attached hydrogens (tertiary/aromatic N) is 1. The SMILES string of the molecule is COc1ccccc1NC(=O)c1cccn1C/C=C/c1cccc(SCC(=O)[O-])c1.[Na+]. The number of aliphatic carboxylic acids is 1. The van der Waals surface area contributed by atoms with Crippen molar-refractivity contribution < 1.29 is 49.0 Å². The molecule has 3 aromatic rings. The van der Waals surface area contributed by atoms with E-state index in [1.54, 1.807) is 25.3 Å². The predicted octanol–water partition coefficient (Wildman–Crippen LogP) is 0.308. The Balaban J connectivity index is 0.00000341. The summed E-state index contributed by atoms with van der Waals surface area (Å²) in [4.78, 5) is 24.2. The van der Waals surface area contributed by atoms with Crippen LogP contribution in [0.4, 0.5) is 5.69 Å². The molecule has 2 aromatic carbocycles. The molecule has 1 amide bonds. The number of carboxylic acid groups (broad SMARTS) is 1. The molecule has 6 nitrogen and oxygen atoms in total. The molecule has 0 aliphatic carbocycles. The van der Waals surface area contributed by atoms with Crippen LogP contribution in [0.1, 0.15) is 16.1 Å². The van der Waals surface area contributed by atoms with Crippen molar-refractivity contribution in [2.24, 2.45) is 0 Å². The molecule has 1 heterocycles. The number of rotatable bonds is 9. The first-order valence-electron chi connectivity index (χ1n) is 9.25. The molecule has 154 valence electrons. The molecule has 0 aliphatic heterocycles. The number of para-hydroxylation sites is 2. The minimum atomic E-state index is -1.09. The zero-order valence-corrected chi connectivity index (χ0v) is 20.2. The molecule has 0 atom stereocenters. The molecule has 0 aliphatic rings.